The lowest BCUT2D eigenvalue weighted by Crippen LogP contribution is -2.42. The summed E-state index contributed by atoms with van der Waals surface area (Å²) in [4.78, 5) is 11.6. The molecule has 0 aliphatic heterocycles. The molecule has 1 saturated carbocycles. The number of hydrogen-bond donors (Lipinski definition) is 3. The van der Waals surface area contributed by atoms with Gasteiger partial charge in [0.15, 0.2) is 0 Å². The molecule has 16 heavy (non-hydrogen) atoms. The molecule has 0 heterocycles. The predicted octanol–water partition coefficient (Wildman–Crippen LogP) is 0.924. The van der Waals surface area contributed by atoms with E-state index in [1.54, 1.807) is 0 Å². The van der Waals surface area contributed by atoms with Crippen LogP contribution in [0.3, 0.4) is 0 Å². The standard InChI is InChI=1S/C12H24N2O2/c1-9(13)7-8-12(16)14-10-5-3-2-4-6-11(10)15/h9-11,15H,2-8,13H2,1H3,(H,14,16). The van der Waals surface area contributed by atoms with Crippen molar-refractivity contribution in [2.75, 3.05) is 0 Å². The lowest BCUT2D eigenvalue weighted by atomic mass is 10.1. The molecule has 4 N–H and O–H groups in total. The third-order valence-corrected chi connectivity index (χ3v) is 3.15. The molecule has 4 nitrogen and oxygen atoms in total. The van der Waals surface area contributed by atoms with E-state index in [0.29, 0.717) is 12.8 Å². The maximum absolute atomic E-state index is 11.6. The van der Waals surface area contributed by atoms with Crippen molar-refractivity contribution in [2.45, 2.75) is 70.1 Å². The Morgan fingerprint density at radius 2 is 2.12 bits per heavy atom. The van der Waals surface area contributed by atoms with Crippen molar-refractivity contribution >= 4 is 5.91 Å². The van der Waals surface area contributed by atoms with Gasteiger partial charge < -0.3 is 16.2 Å². The van der Waals surface area contributed by atoms with Gasteiger partial charge in [-0.1, -0.05) is 19.3 Å². The number of carbonyl (C=O) groups excluding carboxylic acids is 1. The molecule has 1 rings (SSSR count). The maximum atomic E-state index is 11.6. The molecule has 3 atom stereocenters. The SMILES string of the molecule is CC(N)CCC(=O)NC1CCCCCC1O. The molecule has 0 aromatic heterocycles. The Kier molecular flexibility index (Phi) is 5.77. The summed E-state index contributed by atoms with van der Waals surface area (Å²) in [6, 6.07) is 0.00730. The fourth-order valence-electron chi connectivity index (χ4n) is 2.09. The van der Waals surface area contributed by atoms with E-state index in [9.17, 15) is 9.90 Å². The first-order chi connectivity index (χ1) is 7.59. The number of nitrogens with one attached hydrogen (secondary N) is 1. The lowest BCUT2D eigenvalue weighted by Gasteiger charge is -2.21. The van der Waals surface area contributed by atoms with Crippen LogP contribution in [0.15, 0.2) is 0 Å². The van der Waals surface area contributed by atoms with E-state index in [2.05, 4.69) is 5.32 Å². The van der Waals surface area contributed by atoms with Gasteiger partial charge in [0.25, 0.3) is 0 Å². The number of aliphatic hydroxyl groups is 1. The number of hydrogen-bond acceptors (Lipinski definition) is 3. The van der Waals surface area contributed by atoms with Gasteiger partial charge in [-0.05, 0) is 26.2 Å². The second-order valence-corrected chi connectivity index (χ2v) is 4.90. The van der Waals surface area contributed by atoms with Crippen LogP contribution in [0.1, 0.15) is 51.9 Å². The second kappa shape index (κ2) is 6.86. The van der Waals surface area contributed by atoms with Crippen molar-refractivity contribution in [2.24, 2.45) is 5.73 Å². The number of carbonyl (C=O) groups is 1. The highest BCUT2D eigenvalue weighted by Crippen LogP contribution is 2.18. The van der Waals surface area contributed by atoms with Crippen molar-refractivity contribution in [3.8, 4) is 0 Å². The predicted molar refractivity (Wildman–Crippen MR) is 63.9 cm³/mol. The number of nitrogens with two attached hydrogens (primary N) is 1. The first-order valence-corrected chi connectivity index (χ1v) is 6.32. The smallest absolute Gasteiger partial charge is 0.220 e. The molecule has 0 bridgehead atoms. The van der Waals surface area contributed by atoms with Crippen LogP contribution < -0.4 is 11.1 Å². The van der Waals surface area contributed by atoms with Crippen LogP contribution in [0.5, 0.6) is 0 Å². The summed E-state index contributed by atoms with van der Waals surface area (Å²) >= 11 is 0. The van der Waals surface area contributed by atoms with Gasteiger partial charge in [-0.3, -0.25) is 4.79 Å². The highest BCUT2D eigenvalue weighted by molar-refractivity contribution is 5.76. The van der Waals surface area contributed by atoms with Crippen LogP contribution in [-0.4, -0.2) is 29.2 Å². The summed E-state index contributed by atoms with van der Waals surface area (Å²) in [5, 5.41) is 12.8. The van der Waals surface area contributed by atoms with E-state index < -0.39 is 0 Å². The normalized spacial score (nSPS) is 28.2. The minimum Gasteiger partial charge on any atom is -0.391 e. The van der Waals surface area contributed by atoms with E-state index in [0.717, 1.165) is 32.1 Å². The van der Waals surface area contributed by atoms with Gasteiger partial charge in [0.05, 0.1) is 12.1 Å². The van der Waals surface area contributed by atoms with Crippen molar-refractivity contribution in [3.63, 3.8) is 0 Å². The van der Waals surface area contributed by atoms with Gasteiger partial charge >= 0.3 is 0 Å². The Morgan fingerprint density at radius 1 is 1.44 bits per heavy atom. The number of rotatable bonds is 4. The third-order valence-electron chi connectivity index (χ3n) is 3.15. The van der Waals surface area contributed by atoms with Crippen LogP contribution in [0.4, 0.5) is 0 Å². The minimum absolute atomic E-state index is 0.0169. The minimum atomic E-state index is -0.373. The molecule has 0 aromatic carbocycles. The monoisotopic (exact) mass is 228 g/mol. The maximum Gasteiger partial charge on any atom is 0.220 e. The van der Waals surface area contributed by atoms with E-state index in [-0.39, 0.29) is 24.1 Å². The molecule has 0 spiro atoms. The average molecular weight is 228 g/mol. The van der Waals surface area contributed by atoms with Crippen LogP contribution in [0, 0.1) is 0 Å². The Labute approximate surface area is 97.6 Å². The largest absolute Gasteiger partial charge is 0.391 e. The quantitative estimate of drug-likeness (QED) is 0.626. The molecule has 0 aromatic rings. The summed E-state index contributed by atoms with van der Waals surface area (Å²) in [7, 11) is 0. The molecule has 1 amide bonds. The first-order valence-electron chi connectivity index (χ1n) is 6.32. The van der Waals surface area contributed by atoms with E-state index in [1.165, 1.54) is 0 Å². The highest BCUT2D eigenvalue weighted by Gasteiger charge is 2.22. The summed E-state index contributed by atoms with van der Waals surface area (Å²) in [5.41, 5.74) is 5.60. The van der Waals surface area contributed by atoms with Crippen molar-refractivity contribution in [3.05, 3.63) is 0 Å². The van der Waals surface area contributed by atoms with Gasteiger partial charge in [0, 0.05) is 12.5 Å². The summed E-state index contributed by atoms with van der Waals surface area (Å²) in [5.74, 6) is 0.0169. The van der Waals surface area contributed by atoms with Crippen molar-refractivity contribution in [1.82, 2.24) is 5.32 Å². The summed E-state index contributed by atoms with van der Waals surface area (Å²) in [6.07, 6.45) is 5.80. The van der Waals surface area contributed by atoms with Gasteiger partial charge in [0.2, 0.25) is 5.91 Å². The van der Waals surface area contributed by atoms with E-state index >= 15 is 0 Å². The Morgan fingerprint density at radius 3 is 2.81 bits per heavy atom. The molecule has 3 unspecified atom stereocenters. The molecule has 1 fully saturated rings. The van der Waals surface area contributed by atoms with Crippen LogP contribution in [-0.2, 0) is 4.79 Å². The van der Waals surface area contributed by atoms with Crippen molar-refractivity contribution < 1.29 is 9.90 Å². The molecule has 0 radical (unpaired) electrons. The Bertz CT molecular complexity index is 219. The molecule has 4 heteroatoms. The topological polar surface area (TPSA) is 75.4 Å². The molecule has 1 aliphatic carbocycles. The third kappa shape index (κ3) is 4.94. The van der Waals surface area contributed by atoms with Crippen LogP contribution >= 0.6 is 0 Å². The zero-order chi connectivity index (χ0) is 12.0. The number of aliphatic hydroxyl groups excluding tert-OH is 1. The molecular formula is C12H24N2O2. The average Bonchev–Trinajstić information content (AvgIpc) is 2.42. The number of amides is 1. The fraction of sp³-hybridized carbons (Fsp3) is 0.917. The van der Waals surface area contributed by atoms with Crippen LogP contribution in [0.25, 0.3) is 0 Å². The van der Waals surface area contributed by atoms with Crippen LogP contribution in [0.2, 0.25) is 0 Å². The Hall–Kier alpha value is -0.610. The molecular weight excluding hydrogens is 204 g/mol. The summed E-state index contributed by atoms with van der Waals surface area (Å²) < 4.78 is 0. The second-order valence-electron chi connectivity index (χ2n) is 4.90. The molecule has 94 valence electrons. The van der Waals surface area contributed by atoms with E-state index in [1.807, 2.05) is 6.92 Å². The fourth-order valence-corrected chi connectivity index (χ4v) is 2.09. The van der Waals surface area contributed by atoms with E-state index in [4.69, 9.17) is 5.73 Å². The lowest BCUT2D eigenvalue weighted by molar-refractivity contribution is -0.122. The zero-order valence-electron chi connectivity index (χ0n) is 10.1. The Balaban J connectivity index is 2.30. The molecule has 0 saturated heterocycles. The molecule has 1 aliphatic rings. The zero-order valence-corrected chi connectivity index (χ0v) is 10.1. The van der Waals surface area contributed by atoms with Gasteiger partial charge in [-0.25, -0.2) is 0 Å². The first kappa shape index (κ1) is 13.5. The van der Waals surface area contributed by atoms with Gasteiger partial charge in [0.1, 0.15) is 0 Å². The highest BCUT2D eigenvalue weighted by atomic mass is 16.3. The van der Waals surface area contributed by atoms with Crippen molar-refractivity contribution in [1.29, 1.82) is 0 Å². The van der Waals surface area contributed by atoms with Gasteiger partial charge in [-0.2, -0.15) is 0 Å². The van der Waals surface area contributed by atoms with Gasteiger partial charge in [-0.15, -0.1) is 0 Å². The summed E-state index contributed by atoms with van der Waals surface area (Å²) in [6.45, 7) is 1.90.